The summed E-state index contributed by atoms with van der Waals surface area (Å²) in [4.78, 5) is 8.71. The van der Waals surface area contributed by atoms with Crippen LogP contribution < -0.4 is 0 Å². The zero-order valence-electron chi connectivity index (χ0n) is 10.5. The van der Waals surface area contributed by atoms with Crippen molar-refractivity contribution in [3.8, 4) is 11.3 Å². The minimum absolute atomic E-state index is 0.811. The van der Waals surface area contributed by atoms with Crippen molar-refractivity contribution in [3.05, 3.63) is 48.6 Å². The van der Waals surface area contributed by atoms with E-state index in [0.717, 1.165) is 40.3 Å². The van der Waals surface area contributed by atoms with E-state index >= 15 is 0 Å². The number of hydrogen-bond donors (Lipinski definition) is 0. The maximum Gasteiger partial charge on any atom is 0.181 e. The lowest BCUT2D eigenvalue weighted by Crippen LogP contribution is -1.90. The number of aromatic nitrogens is 2. The summed E-state index contributed by atoms with van der Waals surface area (Å²) in [6.45, 7) is 0. The topological polar surface area (TPSA) is 38.9 Å². The first-order chi connectivity index (χ1) is 9.40. The second kappa shape index (κ2) is 4.19. The molecule has 1 fully saturated rings. The van der Waals surface area contributed by atoms with Gasteiger partial charge in [0, 0.05) is 17.1 Å². The molecule has 3 heteroatoms. The van der Waals surface area contributed by atoms with Crippen LogP contribution in [0.3, 0.4) is 0 Å². The SMILES string of the molecule is c1cnc2ccc(-c3ocnc3CC3CC3)cc2c1. The Morgan fingerprint density at radius 2 is 2.11 bits per heavy atom. The molecule has 0 amide bonds. The van der Waals surface area contributed by atoms with Gasteiger partial charge in [-0.3, -0.25) is 4.98 Å². The lowest BCUT2D eigenvalue weighted by atomic mass is 10.1. The summed E-state index contributed by atoms with van der Waals surface area (Å²) in [6, 6.07) is 10.2. The maximum atomic E-state index is 5.60. The van der Waals surface area contributed by atoms with Gasteiger partial charge in [0.2, 0.25) is 0 Å². The molecule has 4 rings (SSSR count). The van der Waals surface area contributed by atoms with Crippen LogP contribution in [-0.4, -0.2) is 9.97 Å². The average Bonchev–Trinajstić information content (AvgIpc) is 3.14. The molecule has 0 spiro atoms. The minimum atomic E-state index is 0.811. The van der Waals surface area contributed by atoms with Crippen molar-refractivity contribution in [1.82, 2.24) is 9.97 Å². The second-order valence-electron chi connectivity index (χ2n) is 5.19. The van der Waals surface area contributed by atoms with Gasteiger partial charge in [-0.1, -0.05) is 6.07 Å². The monoisotopic (exact) mass is 250 g/mol. The van der Waals surface area contributed by atoms with Gasteiger partial charge in [0.1, 0.15) is 0 Å². The Morgan fingerprint density at radius 1 is 1.16 bits per heavy atom. The predicted octanol–water partition coefficient (Wildman–Crippen LogP) is 3.84. The Balaban J connectivity index is 1.78. The first-order valence-corrected chi connectivity index (χ1v) is 6.68. The third-order valence-electron chi connectivity index (χ3n) is 3.69. The third kappa shape index (κ3) is 2.01. The summed E-state index contributed by atoms with van der Waals surface area (Å²) in [5.74, 6) is 1.73. The minimum Gasteiger partial charge on any atom is -0.443 e. The number of hydrogen-bond acceptors (Lipinski definition) is 3. The molecule has 0 saturated heterocycles. The molecular formula is C16H14N2O. The second-order valence-corrected chi connectivity index (χ2v) is 5.19. The molecule has 3 nitrogen and oxygen atoms in total. The van der Waals surface area contributed by atoms with Gasteiger partial charge in [-0.2, -0.15) is 0 Å². The molecule has 1 aromatic carbocycles. The summed E-state index contributed by atoms with van der Waals surface area (Å²) >= 11 is 0. The van der Waals surface area contributed by atoms with Gasteiger partial charge in [-0.15, -0.1) is 0 Å². The Bertz CT molecular complexity index is 728. The van der Waals surface area contributed by atoms with Crippen LogP contribution in [0, 0.1) is 5.92 Å². The van der Waals surface area contributed by atoms with E-state index in [0.29, 0.717) is 0 Å². The molecule has 0 radical (unpaired) electrons. The van der Waals surface area contributed by atoms with Crippen LogP contribution in [0.25, 0.3) is 22.2 Å². The molecule has 2 heterocycles. The van der Waals surface area contributed by atoms with Crippen LogP contribution in [0.5, 0.6) is 0 Å². The van der Waals surface area contributed by atoms with Crippen LogP contribution in [-0.2, 0) is 6.42 Å². The Kier molecular flexibility index (Phi) is 2.37. The molecule has 0 N–H and O–H groups in total. The van der Waals surface area contributed by atoms with E-state index in [-0.39, 0.29) is 0 Å². The standard InChI is InChI=1S/C16H14N2O/c1-2-12-9-13(5-6-14(12)17-7-1)16-15(18-10-19-16)8-11-3-4-11/h1-2,5-7,9-11H,3-4,8H2. The average molecular weight is 250 g/mol. The number of rotatable bonds is 3. The summed E-state index contributed by atoms with van der Waals surface area (Å²) in [5.41, 5.74) is 3.19. The third-order valence-corrected chi connectivity index (χ3v) is 3.69. The molecule has 0 bridgehead atoms. The van der Waals surface area contributed by atoms with E-state index in [1.165, 1.54) is 12.8 Å². The van der Waals surface area contributed by atoms with Gasteiger partial charge < -0.3 is 4.42 Å². The van der Waals surface area contributed by atoms with Crippen molar-refractivity contribution in [2.24, 2.45) is 5.92 Å². The van der Waals surface area contributed by atoms with Gasteiger partial charge in [-0.05, 0) is 49.4 Å². The predicted molar refractivity (Wildman–Crippen MR) is 73.7 cm³/mol. The summed E-state index contributed by atoms with van der Waals surface area (Å²) in [5, 5.41) is 1.13. The van der Waals surface area contributed by atoms with Crippen LogP contribution in [0.4, 0.5) is 0 Å². The van der Waals surface area contributed by atoms with E-state index in [4.69, 9.17) is 4.42 Å². The molecule has 19 heavy (non-hydrogen) atoms. The zero-order valence-corrected chi connectivity index (χ0v) is 10.5. The van der Waals surface area contributed by atoms with Crippen LogP contribution >= 0.6 is 0 Å². The molecule has 1 aliphatic rings. The number of benzene rings is 1. The number of oxazole rings is 1. The van der Waals surface area contributed by atoms with Gasteiger partial charge in [0.05, 0.1) is 11.2 Å². The molecular weight excluding hydrogens is 236 g/mol. The van der Waals surface area contributed by atoms with E-state index in [1.54, 1.807) is 6.39 Å². The molecule has 3 aromatic rings. The number of fused-ring (bicyclic) bond motifs is 1. The van der Waals surface area contributed by atoms with E-state index < -0.39 is 0 Å². The lowest BCUT2D eigenvalue weighted by molar-refractivity contribution is 0.570. The van der Waals surface area contributed by atoms with Crippen molar-refractivity contribution < 1.29 is 4.42 Å². The Labute approximate surface area is 111 Å². The quantitative estimate of drug-likeness (QED) is 0.709. The summed E-state index contributed by atoms with van der Waals surface area (Å²) in [7, 11) is 0. The Morgan fingerprint density at radius 3 is 3.00 bits per heavy atom. The van der Waals surface area contributed by atoms with Crippen molar-refractivity contribution >= 4 is 10.9 Å². The largest absolute Gasteiger partial charge is 0.443 e. The fraction of sp³-hybridized carbons (Fsp3) is 0.250. The zero-order chi connectivity index (χ0) is 12.7. The highest BCUT2D eigenvalue weighted by Crippen LogP contribution is 2.35. The van der Waals surface area contributed by atoms with Gasteiger partial charge in [0.15, 0.2) is 12.2 Å². The van der Waals surface area contributed by atoms with Crippen LogP contribution in [0.1, 0.15) is 18.5 Å². The normalized spacial score (nSPS) is 14.9. The van der Waals surface area contributed by atoms with Gasteiger partial charge in [-0.25, -0.2) is 4.98 Å². The lowest BCUT2D eigenvalue weighted by Gasteiger charge is -2.02. The molecule has 0 unspecified atom stereocenters. The Hall–Kier alpha value is -2.16. The van der Waals surface area contributed by atoms with Crippen molar-refractivity contribution in [2.75, 3.05) is 0 Å². The molecule has 94 valence electrons. The number of pyridine rings is 1. The number of nitrogens with zero attached hydrogens (tertiary/aromatic N) is 2. The summed E-state index contributed by atoms with van der Waals surface area (Å²) in [6.07, 6.45) is 7.06. The van der Waals surface area contributed by atoms with E-state index in [2.05, 4.69) is 28.2 Å². The van der Waals surface area contributed by atoms with Crippen molar-refractivity contribution in [3.63, 3.8) is 0 Å². The van der Waals surface area contributed by atoms with Crippen LogP contribution in [0.2, 0.25) is 0 Å². The van der Waals surface area contributed by atoms with Crippen molar-refractivity contribution in [1.29, 1.82) is 0 Å². The molecule has 2 aromatic heterocycles. The highest BCUT2D eigenvalue weighted by Gasteiger charge is 2.25. The fourth-order valence-corrected chi connectivity index (χ4v) is 2.46. The fourth-order valence-electron chi connectivity index (χ4n) is 2.46. The molecule has 1 aliphatic carbocycles. The first kappa shape index (κ1) is 10.7. The summed E-state index contributed by atoms with van der Waals surface area (Å²) < 4.78 is 5.60. The smallest absolute Gasteiger partial charge is 0.181 e. The van der Waals surface area contributed by atoms with Crippen LogP contribution in [0.15, 0.2) is 47.3 Å². The highest BCUT2D eigenvalue weighted by molar-refractivity contribution is 5.83. The first-order valence-electron chi connectivity index (χ1n) is 6.68. The maximum absolute atomic E-state index is 5.60. The molecule has 1 saturated carbocycles. The van der Waals surface area contributed by atoms with Gasteiger partial charge in [0.25, 0.3) is 0 Å². The van der Waals surface area contributed by atoms with Gasteiger partial charge >= 0.3 is 0 Å². The molecule has 0 aliphatic heterocycles. The van der Waals surface area contributed by atoms with E-state index in [9.17, 15) is 0 Å². The molecule has 0 atom stereocenters. The van der Waals surface area contributed by atoms with E-state index in [1.807, 2.05) is 18.3 Å². The highest BCUT2D eigenvalue weighted by atomic mass is 16.3. The van der Waals surface area contributed by atoms with Crippen molar-refractivity contribution in [2.45, 2.75) is 19.3 Å².